The third-order valence-corrected chi connectivity index (χ3v) is 7.80. The van der Waals surface area contributed by atoms with Crippen molar-refractivity contribution >= 4 is 0 Å². The first kappa shape index (κ1) is 20.6. The summed E-state index contributed by atoms with van der Waals surface area (Å²) in [4.78, 5) is 0. The van der Waals surface area contributed by atoms with Crippen LogP contribution in [0.2, 0.25) is 0 Å². The molecule has 0 bridgehead atoms. The van der Waals surface area contributed by atoms with Gasteiger partial charge >= 0.3 is 0 Å². The molecule has 29 heavy (non-hydrogen) atoms. The van der Waals surface area contributed by atoms with Crippen LogP contribution in [0.3, 0.4) is 0 Å². The SMILES string of the molecule is CC(CC1CCC(C2CCC(c3ccc(F)c(F)c3)CC2)CC1)c1ccccc1. The van der Waals surface area contributed by atoms with E-state index in [0.717, 1.165) is 36.2 Å². The molecule has 0 spiro atoms. The maximum atomic E-state index is 13.6. The molecule has 2 aliphatic rings. The minimum atomic E-state index is -0.735. The molecule has 156 valence electrons. The highest BCUT2D eigenvalue weighted by molar-refractivity contribution is 5.22. The maximum absolute atomic E-state index is 13.6. The number of benzene rings is 2. The fourth-order valence-electron chi connectivity index (χ4n) is 6.00. The van der Waals surface area contributed by atoms with Crippen LogP contribution in [0.1, 0.15) is 87.7 Å². The molecular formula is C27H34F2. The van der Waals surface area contributed by atoms with Crippen LogP contribution in [0, 0.1) is 29.4 Å². The summed E-state index contributed by atoms with van der Waals surface area (Å²) in [5.74, 6) is 2.22. The second-order valence-electron chi connectivity index (χ2n) is 9.61. The van der Waals surface area contributed by atoms with Crippen LogP contribution in [0.5, 0.6) is 0 Å². The molecule has 2 aliphatic carbocycles. The Bertz CT molecular complexity index is 768. The monoisotopic (exact) mass is 396 g/mol. The maximum Gasteiger partial charge on any atom is 0.159 e. The van der Waals surface area contributed by atoms with Crippen molar-refractivity contribution in [2.45, 2.75) is 76.5 Å². The van der Waals surface area contributed by atoms with Crippen LogP contribution < -0.4 is 0 Å². The van der Waals surface area contributed by atoms with E-state index in [2.05, 4.69) is 37.3 Å². The molecule has 0 amide bonds. The van der Waals surface area contributed by atoms with Crippen molar-refractivity contribution in [2.75, 3.05) is 0 Å². The second kappa shape index (κ2) is 9.41. The lowest BCUT2D eigenvalue weighted by atomic mass is 9.67. The van der Waals surface area contributed by atoms with Gasteiger partial charge in [-0.05, 0) is 97.8 Å². The van der Waals surface area contributed by atoms with E-state index in [-0.39, 0.29) is 0 Å². The number of rotatable bonds is 5. The molecule has 2 heteroatoms. The van der Waals surface area contributed by atoms with E-state index in [4.69, 9.17) is 0 Å². The van der Waals surface area contributed by atoms with Crippen molar-refractivity contribution in [1.29, 1.82) is 0 Å². The topological polar surface area (TPSA) is 0 Å². The van der Waals surface area contributed by atoms with Crippen molar-refractivity contribution in [3.63, 3.8) is 0 Å². The van der Waals surface area contributed by atoms with Gasteiger partial charge in [-0.25, -0.2) is 8.78 Å². The van der Waals surface area contributed by atoms with Gasteiger partial charge in [0.2, 0.25) is 0 Å². The summed E-state index contributed by atoms with van der Waals surface area (Å²) in [6.07, 6.45) is 11.6. The Labute approximate surface area is 174 Å². The van der Waals surface area contributed by atoms with Gasteiger partial charge in [-0.1, -0.05) is 56.2 Å². The molecule has 4 rings (SSSR count). The average molecular weight is 397 g/mol. The molecule has 0 saturated heterocycles. The summed E-state index contributed by atoms with van der Waals surface area (Å²) in [5.41, 5.74) is 2.46. The first-order valence-electron chi connectivity index (χ1n) is 11.6. The fourth-order valence-corrected chi connectivity index (χ4v) is 6.00. The van der Waals surface area contributed by atoms with Gasteiger partial charge in [-0.3, -0.25) is 0 Å². The molecule has 0 radical (unpaired) electrons. The van der Waals surface area contributed by atoms with Crippen LogP contribution in [0.15, 0.2) is 48.5 Å². The van der Waals surface area contributed by atoms with Crippen molar-refractivity contribution in [3.8, 4) is 0 Å². The number of halogens is 2. The van der Waals surface area contributed by atoms with Gasteiger partial charge in [-0.15, -0.1) is 0 Å². The molecular weight excluding hydrogens is 362 g/mol. The average Bonchev–Trinajstić information content (AvgIpc) is 2.77. The summed E-state index contributed by atoms with van der Waals surface area (Å²) in [7, 11) is 0. The molecule has 1 unspecified atom stereocenters. The van der Waals surface area contributed by atoms with Gasteiger partial charge in [0.1, 0.15) is 0 Å². The fraction of sp³-hybridized carbons (Fsp3) is 0.556. The molecule has 0 N–H and O–H groups in total. The molecule has 2 fully saturated rings. The smallest absolute Gasteiger partial charge is 0.159 e. The van der Waals surface area contributed by atoms with E-state index in [1.54, 1.807) is 6.07 Å². The molecule has 2 saturated carbocycles. The second-order valence-corrected chi connectivity index (χ2v) is 9.61. The Morgan fingerprint density at radius 2 is 1.38 bits per heavy atom. The third-order valence-electron chi connectivity index (χ3n) is 7.80. The van der Waals surface area contributed by atoms with Crippen molar-refractivity contribution in [2.24, 2.45) is 17.8 Å². The minimum Gasteiger partial charge on any atom is -0.204 e. The van der Waals surface area contributed by atoms with Crippen molar-refractivity contribution in [3.05, 3.63) is 71.3 Å². The standard InChI is InChI=1S/C27H34F2/c1-19(21-5-3-2-4-6-21)17-20-7-9-22(10-8-20)23-11-13-24(14-12-23)25-15-16-26(28)27(29)18-25/h2-6,15-16,18-20,22-24H,7-14,17H2,1H3. The van der Waals surface area contributed by atoms with Gasteiger partial charge in [0.15, 0.2) is 11.6 Å². The molecule has 2 aromatic carbocycles. The highest BCUT2D eigenvalue weighted by atomic mass is 19.2. The summed E-state index contributed by atoms with van der Waals surface area (Å²) < 4.78 is 26.8. The Balaban J connectivity index is 1.23. The van der Waals surface area contributed by atoms with E-state index in [9.17, 15) is 8.78 Å². The third kappa shape index (κ3) is 5.08. The van der Waals surface area contributed by atoms with Crippen molar-refractivity contribution < 1.29 is 8.78 Å². The summed E-state index contributed by atoms with van der Waals surface area (Å²) >= 11 is 0. The van der Waals surface area contributed by atoms with Crippen LogP contribution in [0.4, 0.5) is 8.78 Å². The molecule has 1 atom stereocenters. The first-order valence-corrected chi connectivity index (χ1v) is 11.6. The van der Waals surface area contributed by atoms with Crippen LogP contribution in [-0.4, -0.2) is 0 Å². The van der Waals surface area contributed by atoms with E-state index >= 15 is 0 Å². The van der Waals surface area contributed by atoms with Gasteiger partial charge in [-0.2, -0.15) is 0 Å². The normalized spacial score (nSPS) is 28.8. The summed E-state index contributed by atoms with van der Waals surface area (Å²) in [5, 5.41) is 0. The predicted octanol–water partition coefficient (Wildman–Crippen LogP) is 8.24. The van der Waals surface area contributed by atoms with Gasteiger partial charge in [0.05, 0.1) is 0 Å². The van der Waals surface area contributed by atoms with Crippen LogP contribution in [0.25, 0.3) is 0 Å². The van der Waals surface area contributed by atoms with E-state index in [0.29, 0.717) is 11.8 Å². The largest absolute Gasteiger partial charge is 0.204 e. The molecule has 2 aromatic rings. The lowest BCUT2D eigenvalue weighted by Crippen LogP contribution is -2.26. The zero-order valence-electron chi connectivity index (χ0n) is 17.6. The summed E-state index contributed by atoms with van der Waals surface area (Å²) in [6.45, 7) is 2.38. The van der Waals surface area contributed by atoms with Crippen LogP contribution in [-0.2, 0) is 0 Å². The Morgan fingerprint density at radius 3 is 2.00 bits per heavy atom. The van der Waals surface area contributed by atoms with E-state index in [1.807, 2.05) is 0 Å². The van der Waals surface area contributed by atoms with Gasteiger partial charge in [0, 0.05) is 0 Å². The highest BCUT2D eigenvalue weighted by Gasteiger charge is 2.31. The zero-order valence-corrected chi connectivity index (χ0v) is 17.6. The number of hydrogen-bond acceptors (Lipinski definition) is 0. The Hall–Kier alpha value is -1.70. The summed E-state index contributed by atoms with van der Waals surface area (Å²) in [6, 6.07) is 15.4. The van der Waals surface area contributed by atoms with Crippen molar-refractivity contribution in [1.82, 2.24) is 0 Å². The Morgan fingerprint density at radius 1 is 0.759 bits per heavy atom. The lowest BCUT2D eigenvalue weighted by Gasteiger charge is -2.38. The zero-order chi connectivity index (χ0) is 20.2. The predicted molar refractivity (Wildman–Crippen MR) is 116 cm³/mol. The van der Waals surface area contributed by atoms with E-state index in [1.165, 1.54) is 62.6 Å². The highest BCUT2D eigenvalue weighted by Crippen LogP contribution is 2.45. The van der Waals surface area contributed by atoms with Gasteiger partial charge < -0.3 is 0 Å². The molecule has 0 heterocycles. The molecule has 0 aromatic heterocycles. The minimum absolute atomic E-state index is 0.407. The molecule has 0 aliphatic heterocycles. The lowest BCUT2D eigenvalue weighted by molar-refractivity contribution is 0.154. The molecule has 0 nitrogen and oxygen atoms in total. The van der Waals surface area contributed by atoms with Gasteiger partial charge in [0.25, 0.3) is 0 Å². The quantitative estimate of drug-likeness (QED) is 0.477. The van der Waals surface area contributed by atoms with Crippen LogP contribution >= 0.6 is 0 Å². The Kier molecular flexibility index (Phi) is 6.67. The number of hydrogen-bond donors (Lipinski definition) is 0. The first-order chi connectivity index (χ1) is 14.1. The van der Waals surface area contributed by atoms with E-state index < -0.39 is 11.6 Å².